The van der Waals surface area contributed by atoms with Crippen molar-refractivity contribution in [3.05, 3.63) is 11.6 Å². The van der Waals surface area contributed by atoms with Gasteiger partial charge in [-0.15, -0.1) is 0 Å². The van der Waals surface area contributed by atoms with Crippen LogP contribution in [0.25, 0.3) is 0 Å². The topological polar surface area (TPSA) is 57.2 Å². The molecular weight excluding hydrogens is 248 g/mol. The molecule has 3 heterocycles. The van der Waals surface area contributed by atoms with Gasteiger partial charge in [0.05, 0.1) is 19.3 Å². The second kappa shape index (κ2) is 4.53. The molecule has 3 aliphatic heterocycles. The van der Waals surface area contributed by atoms with Crippen molar-refractivity contribution in [2.75, 3.05) is 13.2 Å². The van der Waals surface area contributed by atoms with Crippen LogP contribution in [0.5, 0.6) is 0 Å². The van der Waals surface area contributed by atoms with Crippen LogP contribution in [0, 0.1) is 0 Å². The zero-order chi connectivity index (χ0) is 13.7. The number of aliphatic hydroxyl groups is 1. The monoisotopic (exact) mass is 270 g/mol. The SMILES string of the molecule is CC1(C)O[C@H]2O[C@@H]3CC/C(=C\CO)CO[C@@]3(C)[C@H]2O1. The van der Waals surface area contributed by atoms with E-state index in [1.807, 2.05) is 26.8 Å². The van der Waals surface area contributed by atoms with E-state index in [1.165, 1.54) is 0 Å². The first-order valence-corrected chi connectivity index (χ1v) is 6.88. The zero-order valence-corrected chi connectivity index (χ0v) is 11.7. The van der Waals surface area contributed by atoms with E-state index in [2.05, 4.69) is 0 Å². The Morgan fingerprint density at radius 2 is 2.11 bits per heavy atom. The van der Waals surface area contributed by atoms with Crippen LogP contribution in [0.3, 0.4) is 0 Å². The summed E-state index contributed by atoms with van der Waals surface area (Å²) in [5.41, 5.74) is 0.639. The molecule has 3 rings (SSSR count). The van der Waals surface area contributed by atoms with Crippen molar-refractivity contribution in [2.24, 2.45) is 0 Å². The van der Waals surface area contributed by atoms with Gasteiger partial charge in [-0.3, -0.25) is 0 Å². The van der Waals surface area contributed by atoms with Gasteiger partial charge in [0.25, 0.3) is 0 Å². The van der Waals surface area contributed by atoms with Crippen molar-refractivity contribution in [1.82, 2.24) is 0 Å². The number of aliphatic hydroxyl groups excluding tert-OH is 1. The molecule has 0 aromatic heterocycles. The van der Waals surface area contributed by atoms with Gasteiger partial charge in [0.1, 0.15) is 11.7 Å². The molecule has 0 bridgehead atoms. The van der Waals surface area contributed by atoms with Crippen molar-refractivity contribution in [2.45, 2.75) is 63.5 Å². The van der Waals surface area contributed by atoms with Gasteiger partial charge >= 0.3 is 0 Å². The van der Waals surface area contributed by atoms with Crippen LogP contribution in [0.2, 0.25) is 0 Å². The molecule has 3 fully saturated rings. The number of hydrogen-bond donors (Lipinski definition) is 1. The van der Waals surface area contributed by atoms with Crippen LogP contribution in [-0.2, 0) is 18.9 Å². The molecular formula is C14H22O5. The van der Waals surface area contributed by atoms with Crippen molar-refractivity contribution in [3.8, 4) is 0 Å². The summed E-state index contributed by atoms with van der Waals surface area (Å²) in [7, 11) is 0. The number of ether oxygens (including phenoxy) is 4. The molecule has 0 amide bonds. The van der Waals surface area contributed by atoms with E-state index < -0.39 is 11.4 Å². The Morgan fingerprint density at radius 1 is 1.32 bits per heavy atom. The summed E-state index contributed by atoms with van der Waals surface area (Å²) in [5.74, 6) is -0.622. The lowest BCUT2D eigenvalue weighted by Gasteiger charge is -2.33. The normalized spacial score (nSPS) is 46.9. The molecule has 3 aliphatic rings. The molecule has 19 heavy (non-hydrogen) atoms. The lowest BCUT2D eigenvalue weighted by Crippen LogP contribution is -2.48. The molecule has 0 unspecified atom stereocenters. The predicted molar refractivity (Wildman–Crippen MR) is 67.5 cm³/mol. The van der Waals surface area contributed by atoms with Crippen LogP contribution >= 0.6 is 0 Å². The molecule has 1 N–H and O–H groups in total. The highest BCUT2D eigenvalue weighted by Gasteiger charge is 2.62. The lowest BCUT2D eigenvalue weighted by molar-refractivity contribution is -0.231. The first kappa shape index (κ1) is 13.5. The molecule has 5 heteroatoms. The fraction of sp³-hybridized carbons (Fsp3) is 0.857. The van der Waals surface area contributed by atoms with Gasteiger partial charge in [0, 0.05) is 0 Å². The summed E-state index contributed by atoms with van der Waals surface area (Å²) >= 11 is 0. The van der Waals surface area contributed by atoms with Gasteiger partial charge in [-0.25, -0.2) is 0 Å². The van der Waals surface area contributed by atoms with Crippen LogP contribution in [-0.4, -0.2) is 48.2 Å². The highest BCUT2D eigenvalue weighted by atomic mass is 16.8. The first-order chi connectivity index (χ1) is 8.94. The third-order valence-electron chi connectivity index (χ3n) is 4.24. The number of rotatable bonds is 1. The molecule has 0 radical (unpaired) electrons. The molecule has 0 saturated carbocycles. The van der Waals surface area contributed by atoms with Crippen molar-refractivity contribution in [1.29, 1.82) is 0 Å². The third kappa shape index (κ3) is 2.23. The highest BCUT2D eigenvalue weighted by molar-refractivity contribution is 5.11. The molecule has 0 spiro atoms. The van der Waals surface area contributed by atoms with Crippen LogP contribution < -0.4 is 0 Å². The summed E-state index contributed by atoms with van der Waals surface area (Å²) in [5, 5.41) is 8.99. The fourth-order valence-corrected chi connectivity index (χ4v) is 3.15. The Morgan fingerprint density at radius 3 is 2.84 bits per heavy atom. The van der Waals surface area contributed by atoms with E-state index in [-0.39, 0.29) is 25.1 Å². The Balaban J connectivity index is 1.80. The van der Waals surface area contributed by atoms with Gasteiger partial charge < -0.3 is 24.1 Å². The van der Waals surface area contributed by atoms with Gasteiger partial charge in [-0.2, -0.15) is 0 Å². The summed E-state index contributed by atoms with van der Waals surface area (Å²) < 4.78 is 23.8. The van der Waals surface area contributed by atoms with E-state index >= 15 is 0 Å². The smallest absolute Gasteiger partial charge is 0.190 e. The molecule has 0 aromatic rings. The Labute approximate surface area is 113 Å². The van der Waals surface area contributed by atoms with Crippen LogP contribution in [0.15, 0.2) is 11.6 Å². The maximum Gasteiger partial charge on any atom is 0.190 e. The molecule has 3 saturated heterocycles. The van der Waals surface area contributed by atoms with E-state index in [4.69, 9.17) is 24.1 Å². The second-order valence-corrected chi connectivity index (χ2v) is 6.11. The molecule has 4 atom stereocenters. The van der Waals surface area contributed by atoms with Crippen LogP contribution in [0.1, 0.15) is 33.6 Å². The third-order valence-corrected chi connectivity index (χ3v) is 4.24. The minimum Gasteiger partial charge on any atom is -0.392 e. The molecule has 0 aliphatic carbocycles. The number of fused-ring (bicyclic) bond motifs is 3. The quantitative estimate of drug-likeness (QED) is 0.729. The van der Waals surface area contributed by atoms with Crippen molar-refractivity contribution < 1.29 is 24.1 Å². The minimum atomic E-state index is -0.622. The van der Waals surface area contributed by atoms with Gasteiger partial charge in [0.15, 0.2) is 12.1 Å². The van der Waals surface area contributed by atoms with Gasteiger partial charge in [-0.1, -0.05) is 6.08 Å². The van der Waals surface area contributed by atoms with E-state index in [1.54, 1.807) is 0 Å². The van der Waals surface area contributed by atoms with Crippen molar-refractivity contribution in [3.63, 3.8) is 0 Å². The predicted octanol–water partition coefficient (Wildman–Crippen LogP) is 1.35. The summed E-state index contributed by atoms with van der Waals surface area (Å²) in [4.78, 5) is 0. The van der Waals surface area contributed by atoms with Crippen LogP contribution in [0.4, 0.5) is 0 Å². The summed E-state index contributed by atoms with van der Waals surface area (Å²) in [6.07, 6.45) is 3.00. The summed E-state index contributed by atoms with van der Waals surface area (Å²) in [6, 6.07) is 0. The highest BCUT2D eigenvalue weighted by Crippen LogP contribution is 2.47. The summed E-state index contributed by atoms with van der Waals surface area (Å²) in [6.45, 7) is 6.39. The lowest BCUT2D eigenvalue weighted by atomic mass is 9.92. The van der Waals surface area contributed by atoms with E-state index in [0.717, 1.165) is 18.4 Å². The largest absolute Gasteiger partial charge is 0.392 e. The van der Waals surface area contributed by atoms with Gasteiger partial charge in [0.2, 0.25) is 0 Å². The average Bonchev–Trinajstić information content (AvgIpc) is 2.70. The number of hydrogen-bond acceptors (Lipinski definition) is 5. The molecule has 5 nitrogen and oxygen atoms in total. The van der Waals surface area contributed by atoms with E-state index in [9.17, 15) is 0 Å². The minimum absolute atomic E-state index is 0.0248. The Hall–Kier alpha value is -0.460. The fourth-order valence-electron chi connectivity index (χ4n) is 3.15. The molecule has 0 aromatic carbocycles. The Bertz CT molecular complexity index is 391. The van der Waals surface area contributed by atoms with Crippen molar-refractivity contribution >= 4 is 0 Å². The maximum absolute atomic E-state index is 8.99. The first-order valence-electron chi connectivity index (χ1n) is 6.88. The second-order valence-electron chi connectivity index (χ2n) is 6.11. The van der Waals surface area contributed by atoms with E-state index in [0.29, 0.717) is 6.61 Å². The van der Waals surface area contributed by atoms with Gasteiger partial charge in [-0.05, 0) is 39.2 Å². The maximum atomic E-state index is 8.99. The molecule has 108 valence electrons. The Kier molecular flexibility index (Phi) is 3.22. The zero-order valence-electron chi connectivity index (χ0n) is 11.7. The standard InChI is InChI=1S/C14H22O5/c1-13(2)18-11-12(19-13)17-10-5-4-9(6-7-15)8-16-14(10,11)3/h6,10-12,15H,4-5,7-8H2,1-3H3/b9-6+/t10-,11+,12-,14-/m1/s1. The average molecular weight is 270 g/mol.